The van der Waals surface area contributed by atoms with Gasteiger partial charge in [-0.15, -0.1) is 0 Å². The van der Waals surface area contributed by atoms with Crippen LogP contribution in [0.5, 0.6) is 11.5 Å². The third-order valence-electron chi connectivity index (χ3n) is 2.28. The molecule has 5 heteroatoms. The van der Waals surface area contributed by atoms with Gasteiger partial charge < -0.3 is 9.84 Å². The van der Waals surface area contributed by atoms with Crippen molar-refractivity contribution in [1.29, 1.82) is 0 Å². The van der Waals surface area contributed by atoms with Crippen LogP contribution in [0.3, 0.4) is 0 Å². The molecule has 1 aromatic carbocycles. The van der Waals surface area contributed by atoms with E-state index in [1.807, 2.05) is 20.8 Å². The summed E-state index contributed by atoms with van der Waals surface area (Å²) >= 11 is 0. The van der Waals surface area contributed by atoms with E-state index < -0.39 is 0 Å². The van der Waals surface area contributed by atoms with Crippen LogP contribution in [0.25, 0.3) is 0 Å². The zero-order valence-electron chi connectivity index (χ0n) is 11.5. The summed E-state index contributed by atoms with van der Waals surface area (Å²) in [6, 6.07) is 4.88. The Balaban J connectivity index is 2.61. The summed E-state index contributed by atoms with van der Waals surface area (Å²) in [6.45, 7) is 6.25. The number of hydrogen-bond acceptors (Lipinski definition) is 4. The average molecular weight is 264 g/mol. The maximum absolute atomic E-state index is 11.4. The Labute approximate surface area is 113 Å². The first kappa shape index (κ1) is 15.0. The van der Waals surface area contributed by atoms with Crippen molar-refractivity contribution in [2.45, 2.75) is 27.2 Å². The van der Waals surface area contributed by atoms with E-state index in [2.05, 4.69) is 10.5 Å². The van der Waals surface area contributed by atoms with Crippen LogP contribution in [-0.2, 0) is 4.79 Å². The van der Waals surface area contributed by atoms with Gasteiger partial charge in [0.15, 0.2) is 11.5 Å². The summed E-state index contributed by atoms with van der Waals surface area (Å²) in [5, 5.41) is 13.4. The van der Waals surface area contributed by atoms with Gasteiger partial charge in [-0.2, -0.15) is 5.10 Å². The molecule has 0 atom stereocenters. The fourth-order valence-electron chi connectivity index (χ4n) is 1.48. The molecule has 0 aliphatic carbocycles. The number of carbonyl (C=O) groups excluding carboxylic acids is 1. The lowest BCUT2D eigenvalue weighted by atomic mass is 10.1. The number of nitrogens with zero attached hydrogens (tertiary/aromatic N) is 1. The van der Waals surface area contributed by atoms with Crippen molar-refractivity contribution in [3.05, 3.63) is 23.8 Å². The SMILES string of the molecule is CCOc1cc(C=NNC(=O)CC(C)C)ccc1O. The number of phenolic OH excluding ortho intramolecular Hbond substituents is 1. The summed E-state index contributed by atoms with van der Waals surface area (Å²) in [6.07, 6.45) is 1.96. The van der Waals surface area contributed by atoms with E-state index in [0.717, 1.165) is 5.56 Å². The number of hydrazone groups is 1. The van der Waals surface area contributed by atoms with Gasteiger partial charge in [-0.25, -0.2) is 5.43 Å². The van der Waals surface area contributed by atoms with Crippen LogP contribution in [0.1, 0.15) is 32.8 Å². The molecule has 2 N–H and O–H groups in total. The second-order valence-electron chi connectivity index (χ2n) is 4.55. The van der Waals surface area contributed by atoms with Crippen LogP contribution in [-0.4, -0.2) is 23.8 Å². The molecular weight excluding hydrogens is 244 g/mol. The molecule has 19 heavy (non-hydrogen) atoms. The van der Waals surface area contributed by atoms with Crippen LogP contribution in [0, 0.1) is 5.92 Å². The normalized spacial score (nSPS) is 10.9. The molecule has 0 aliphatic heterocycles. The number of ether oxygens (including phenoxy) is 1. The summed E-state index contributed by atoms with van der Waals surface area (Å²) < 4.78 is 5.26. The van der Waals surface area contributed by atoms with Gasteiger partial charge >= 0.3 is 0 Å². The van der Waals surface area contributed by atoms with Crippen LogP contribution < -0.4 is 10.2 Å². The van der Waals surface area contributed by atoms with Crippen molar-refractivity contribution in [2.24, 2.45) is 11.0 Å². The predicted molar refractivity (Wildman–Crippen MR) is 74.5 cm³/mol. The first-order chi connectivity index (χ1) is 9.02. The van der Waals surface area contributed by atoms with Gasteiger partial charge in [0.25, 0.3) is 0 Å². The molecule has 0 radical (unpaired) electrons. The molecule has 0 heterocycles. The summed E-state index contributed by atoms with van der Waals surface area (Å²) in [5.41, 5.74) is 3.20. The molecule has 1 amide bonds. The third kappa shape index (κ3) is 5.42. The Hall–Kier alpha value is -2.04. The van der Waals surface area contributed by atoms with E-state index in [0.29, 0.717) is 24.7 Å². The van der Waals surface area contributed by atoms with Gasteiger partial charge in [-0.1, -0.05) is 13.8 Å². The predicted octanol–water partition coefficient (Wildman–Crippen LogP) is 2.29. The molecule has 0 saturated carbocycles. The highest BCUT2D eigenvalue weighted by Gasteiger charge is 2.03. The van der Waals surface area contributed by atoms with Crippen LogP contribution >= 0.6 is 0 Å². The highest BCUT2D eigenvalue weighted by molar-refractivity contribution is 5.83. The number of benzene rings is 1. The molecule has 0 fully saturated rings. The maximum atomic E-state index is 11.4. The zero-order chi connectivity index (χ0) is 14.3. The molecule has 0 aliphatic rings. The van der Waals surface area contributed by atoms with Gasteiger partial charge in [0, 0.05) is 6.42 Å². The van der Waals surface area contributed by atoms with E-state index in [-0.39, 0.29) is 11.7 Å². The van der Waals surface area contributed by atoms with Gasteiger partial charge in [0.2, 0.25) is 5.91 Å². The summed E-state index contributed by atoms with van der Waals surface area (Å²) in [4.78, 5) is 11.4. The number of aromatic hydroxyl groups is 1. The summed E-state index contributed by atoms with van der Waals surface area (Å²) in [7, 11) is 0. The fraction of sp³-hybridized carbons (Fsp3) is 0.429. The van der Waals surface area contributed by atoms with Crippen molar-refractivity contribution in [3.8, 4) is 11.5 Å². The highest BCUT2D eigenvalue weighted by Crippen LogP contribution is 2.26. The highest BCUT2D eigenvalue weighted by atomic mass is 16.5. The lowest BCUT2D eigenvalue weighted by Crippen LogP contribution is -2.19. The Morgan fingerprint density at radius 1 is 1.53 bits per heavy atom. The maximum Gasteiger partial charge on any atom is 0.240 e. The van der Waals surface area contributed by atoms with E-state index in [1.165, 1.54) is 12.3 Å². The van der Waals surface area contributed by atoms with E-state index in [1.54, 1.807) is 12.1 Å². The number of carbonyl (C=O) groups is 1. The summed E-state index contributed by atoms with van der Waals surface area (Å²) in [5.74, 6) is 0.672. The molecule has 0 spiro atoms. The number of amides is 1. The molecule has 104 valence electrons. The van der Waals surface area contributed by atoms with Crippen LogP contribution in [0.15, 0.2) is 23.3 Å². The van der Waals surface area contributed by atoms with Crippen molar-refractivity contribution in [1.82, 2.24) is 5.43 Å². The molecule has 0 saturated heterocycles. The Morgan fingerprint density at radius 2 is 2.26 bits per heavy atom. The number of hydrogen-bond donors (Lipinski definition) is 2. The Kier molecular flexibility index (Phi) is 5.85. The molecule has 1 aromatic rings. The van der Waals surface area contributed by atoms with Crippen LogP contribution in [0.2, 0.25) is 0 Å². The van der Waals surface area contributed by atoms with Crippen molar-refractivity contribution < 1.29 is 14.6 Å². The Bertz CT molecular complexity index is 456. The van der Waals surface area contributed by atoms with E-state index in [9.17, 15) is 9.90 Å². The quantitative estimate of drug-likeness (QED) is 0.611. The second kappa shape index (κ2) is 7.41. The minimum absolute atomic E-state index is 0.0860. The second-order valence-corrected chi connectivity index (χ2v) is 4.55. The first-order valence-corrected chi connectivity index (χ1v) is 6.30. The Morgan fingerprint density at radius 3 is 2.89 bits per heavy atom. The van der Waals surface area contributed by atoms with Crippen molar-refractivity contribution in [3.63, 3.8) is 0 Å². The topological polar surface area (TPSA) is 70.9 Å². The molecule has 0 unspecified atom stereocenters. The fourth-order valence-corrected chi connectivity index (χ4v) is 1.48. The van der Waals surface area contributed by atoms with Crippen molar-refractivity contribution in [2.75, 3.05) is 6.61 Å². The average Bonchev–Trinajstić information content (AvgIpc) is 2.32. The largest absolute Gasteiger partial charge is 0.504 e. The van der Waals surface area contributed by atoms with E-state index >= 15 is 0 Å². The molecule has 5 nitrogen and oxygen atoms in total. The monoisotopic (exact) mass is 264 g/mol. The van der Waals surface area contributed by atoms with Gasteiger partial charge in [0.1, 0.15) is 0 Å². The van der Waals surface area contributed by atoms with Crippen molar-refractivity contribution >= 4 is 12.1 Å². The van der Waals surface area contributed by atoms with Gasteiger partial charge in [-0.05, 0) is 36.6 Å². The lowest BCUT2D eigenvalue weighted by molar-refractivity contribution is -0.121. The van der Waals surface area contributed by atoms with E-state index in [4.69, 9.17) is 4.74 Å². The zero-order valence-corrected chi connectivity index (χ0v) is 11.5. The smallest absolute Gasteiger partial charge is 0.240 e. The number of rotatable bonds is 6. The van der Waals surface area contributed by atoms with Crippen LogP contribution in [0.4, 0.5) is 0 Å². The standard InChI is InChI=1S/C14H20N2O3/c1-4-19-13-8-11(5-6-12(13)17)9-15-16-14(18)7-10(2)3/h5-6,8-10,17H,4,7H2,1-3H3,(H,16,18). The molecule has 0 bridgehead atoms. The first-order valence-electron chi connectivity index (χ1n) is 6.30. The minimum Gasteiger partial charge on any atom is -0.504 e. The molecule has 0 aromatic heterocycles. The molecular formula is C14H20N2O3. The molecule has 1 rings (SSSR count). The third-order valence-corrected chi connectivity index (χ3v) is 2.28. The van der Waals surface area contributed by atoms with Gasteiger partial charge in [0.05, 0.1) is 12.8 Å². The lowest BCUT2D eigenvalue weighted by Gasteiger charge is -2.06. The minimum atomic E-state index is -0.116. The number of phenols is 1. The number of nitrogens with one attached hydrogen (secondary N) is 1. The van der Waals surface area contributed by atoms with Gasteiger partial charge in [-0.3, -0.25) is 4.79 Å².